The van der Waals surface area contributed by atoms with Crippen LogP contribution >= 0.6 is 0 Å². The van der Waals surface area contributed by atoms with Crippen molar-refractivity contribution in [3.8, 4) is 5.75 Å². The van der Waals surface area contributed by atoms with Crippen molar-refractivity contribution in [2.24, 2.45) is 10.9 Å². The van der Waals surface area contributed by atoms with Gasteiger partial charge in [-0.1, -0.05) is 22.9 Å². The summed E-state index contributed by atoms with van der Waals surface area (Å²) in [6.45, 7) is 4.53. The molecule has 0 spiro atoms. The van der Waals surface area contributed by atoms with E-state index in [2.05, 4.69) is 5.16 Å². The molecule has 0 fully saturated rings. The Morgan fingerprint density at radius 1 is 1.35 bits per heavy atom. The van der Waals surface area contributed by atoms with Gasteiger partial charge in [0.1, 0.15) is 18.5 Å². The van der Waals surface area contributed by atoms with E-state index in [0.29, 0.717) is 13.2 Å². The zero-order chi connectivity index (χ0) is 12.7. The van der Waals surface area contributed by atoms with Gasteiger partial charge in [0.05, 0.1) is 6.61 Å². The fourth-order valence-corrected chi connectivity index (χ4v) is 1.19. The van der Waals surface area contributed by atoms with Gasteiger partial charge in [-0.3, -0.25) is 0 Å². The van der Waals surface area contributed by atoms with Crippen molar-refractivity contribution in [2.75, 3.05) is 13.2 Å². The van der Waals surface area contributed by atoms with Gasteiger partial charge < -0.3 is 20.4 Å². The maximum Gasteiger partial charge on any atom is 0.168 e. The number of benzene rings is 1. The maximum absolute atomic E-state index is 8.42. The van der Waals surface area contributed by atoms with Crippen molar-refractivity contribution in [3.63, 3.8) is 0 Å². The maximum atomic E-state index is 8.42. The highest BCUT2D eigenvalue weighted by atomic mass is 16.5. The molecule has 3 N–H and O–H groups in total. The van der Waals surface area contributed by atoms with Crippen molar-refractivity contribution in [2.45, 2.75) is 20.0 Å². The molecule has 0 aliphatic rings. The van der Waals surface area contributed by atoms with E-state index in [1.807, 2.05) is 31.2 Å². The monoisotopic (exact) mass is 238 g/mol. The molecule has 1 atom stereocenters. The highest BCUT2D eigenvalue weighted by Gasteiger charge is 2.06. The summed E-state index contributed by atoms with van der Waals surface area (Å²) in [6, 6.07) is 7.77. The summed E-state index contributed by atoms with van der Waals surface area (Å²) in [5.41, 5.74) is 6.55. The van der Waals surface area contributed by atoms with Crippen molar-refractivity contribution in [3.05, 3.63) is 29.8 Å². The molecule has 0 saturated heterocycles. The molecule has 0 radical (unpaired) electrons. The van der Waals surface area contributed by atoms with Crippen LogP contribution in [0.3, 0.4) is 0 Å². The average molecular weight is 238 g/mol. The second-order valence-corrected chi connectivity index (χ2v) is 3.70. The molecular weight excluding hydrogens is 220 g/mol. The molecule has 0 saturated carbocycles. The molecule has 0 heterocycles. The predicted octanol–water partition coefficient (Wildman–Crippen LogP) is 1.53. The van der Waals surface area contributed by atoms with Gasteiger partial charge in [-0.2, -0.15) is 0 Å². The van der Waals surface area contributed by atoms with Crippen LogP contribution < -0.4 is 10.5 Å². The van der Waals surface area contributed by atoms with Gasteiger partial charge in [0.25, 0.3) is 0 Å². The first-order chi connectivity index (χ1) is 8.13. The van der Waals surface area contributed by atoms with E-state index in [4.69, 9.17) is 20.4 Å². The quantitative estimate of drug-likeness (QED) is 0.259. The van der Waals surface area contributed by atoms with E-state index in [1.165, 1.54) is 5.56 Å². The van der Waals surface area contributed by atoms with E-state index < -0.39 is 6.10 Å². The van der Waals surface area contributed by atoms with Crippen molar-refractivity contribution < 1.29 is 14.7 Å². The first-order valence-corrected chi connectivity index (χ1v) is 5.42. The lowest BCUT2D eigenvalue weighted by Crippen LogP contribution is -2.30. The fraction of sp³-hybridized carbons (Fsp3) is 0.417. The minimum absolute atomic E-state index is 0.0559. The first kappa shape index (κ1) is 13.3. The zero-order valence-electron chi connectivity index (χ0n) is 10.1. The molecule has 0 amide bonds. The molecule has 0 bridgehead atoms. The van der Waals surface area contributed by atoms with E-state index in [9.17, 15) is 0 Å². The second-order valence-electron chi connectivity index (χ2n) is 3.70. The lowest BCUT2D eigenvalue weighted by Gasteiger charge is -2.12. The Morgan fingerprint density at radius 3 is 2.59 bits per heavy atom. The number of nitrogens with zero attached hydrogens (tertiary/aromatic N) is 1. The SMILES string of the molecule is Cc1ccc(OCCOC(C)/C(N)=N/O)cc1. The number of ether oxygens (including phenoxy) is 2. The molecule has 17 heavy (non-hydrogen) atoms. The lowest BCUT2D eigenvalue weighted by atomic mass is 10.2. The molecule has 94 valence electrons. The molecule has 0 aliphatic carbocycles. The number of hydrogen-bond acceptors (Lipinski definition) is 4. The summed E-state index contributed by atoms with van der Waals surface area (Å²) in [7, 11) is 0. The summed E-state index contributed by atoms with van der Waals surface area (Å²) in [5, 5.41) is 11.3. The van der Waals surface area contributed by atoms with Gasteiger partial charge in [0.15, 0.2) is 5.84 Å². The van der Waals surface area contributed by atoms with Crippen LogP contribution in [0.1, 0.15) is 12.5 Å². The van der Waals surface area contributed by atoms with Crippen LogP contribution in [0.5, 0.6) is 5.75 Å². The van der Waals surface area contributed by atoms with Crippen molar-refractivity contribution in [1.82, 2.24) is 0 Å². The van der Waals surface area contributed by atoms with Gasteiger partial charge in [-0.05, 0) is 26.0 Å². The molecule has 1 unspecified atom stereocenters. The van der Waals surface area contributed by atoms with E-state index >= 15 is 0 Å². The normalized spacial score (nSPS) is 13.4. The Morgan fingerprint density at radius 2 is 2.00 bits per heavy atom. The number of nitrogens with two attached hydrogens (primary N) is 1. The van der Waals surface area contributed by atoms with Crippen LogP contribution in [-0.2, 0) is 4.74 Å². The highest BCUT2D eigenvalue weighted by Crippen LogP contribution is 2.10. The van der Waals surface area contributed by atoms with Gasteiger partial charge >= 0.3 is 0 Å². The molecule has 5 nitrogen and oxygen atoms in total. The van der Waals surface area contributed by atoms with Gasteiger partial charge in [-0.15, -0.1) is 0 Å². The van der Waals surface area contributed by atoms with Crippen molar-refractivity contribution >= 4 is 5.84 Å². The topological polar surface area (TPSA) is 77.1 Å². The summed E-state index contributed by atoms with van der Waals surface area (Å²) < 4.78 is 10.8. The first-order valence-electron chi connectivity index (χ1n) is 5.42. The summed E-state index contributed by atoms with van der Waals surface area (Å²) >= 11 is 0. The van der Waals surface area contributed by atoms with E-state index in [-0.39, 0.29) is 5.84 Å². The third-order valence-electron chi connectivity index (χ3n) is 2.27. The number of amidine groups is 1. The van der Waals surface area contributed by atoms with Gasteiger partial charge in [0.2, 0.25) is 0 Å². The number of hydrogen-bond donors (Lipinski definition) is 2. The van der Waals surface area contributed by atoms with Gasteiger partial charge in [0, 0.05) is 0 Å². The average Bonchev–Trinajstić information content (AvgIpc) is 2.35. The van der Waals surface area contributed by atoms with Crippen LogP contribution in [0.2, 0.25) is 0 Å². The smallest absolute Gasteiger partial charge is 0.168 e. The molecule has 0 aliphatic heterocycles. The van der Waals surface area contributed by atoms with Crippen LogP contribution in [0.25, 0.3) is 0 Å². The molecule has 1 aromatic carbocycles. The van der Waals surface area contributed by atoms with Crippen LogP contribution in [-0.4, -0.2) is 30.4 Å². The molecule has 0 aromatic heterocycles. The molecular formula is C12H18N2O3. The zero-order valence-corrected chi connectivity index (χ0v) is 10.1. The number of rotatable bonds is 6. The lowest BCUT2D eigenvalue weighted by molar-refractivity contribution is 0.0778. The van der Waals surface area contributed by atoms with Gasteiger partial charge in [-0.25, -0.2) is 0 Å². The van der Waals surface area contributed by atoms with Crippen molar-refractivity contribution in [1.29, 1.82) is 0 Å². The Hall–Kier alpha value is -1.75. The molecule has 1 aromatic rings. The fourth-order valence-electron chi connectivity index (χ4n) is 1.19. The Kier molecular flexibility index (Phi) is 5.29. The predicted molar refractivity (Wildman–Crippen MR) is 65.5 cm³/mol. The number of aryl methyl sites for hydroxylation is 1. The molecule has 1 rings (SSSR count). The third kappa shape index (κ3) is 4.74. The Labute approximate surface area is 101 Å². The second kappa shape index (κ2) is 6.75. The third-order valence-corrected chi connectivity index (χ3v) is 2.27. The largest absolute Gasteiger partial charge is 0.491 e. The van der Waals surface area contributed by atoms with Crippen LogP contribution in [0.4, 0.5) is 0 Å². The Balaban J connectivity index is 2.22. The van der Waals surface area contributed by atoms with E-state index in [1.54, 1.807) is 6.92 Å². The number of oxime groups is 1. The highest BCUT2D eigenvalue weighted by molar-refractivity contribution is 5.83. The summed E-state index contributed by atoms with van der Waals surface area (Å²) in [4.78, 5) is 0. The standard InChI is InChI=1S/C12H18N2O3/c1-9-3-5-11(6-4-9)17-8-7-16-10(2)12(13)14-15/h3-6,10,15H,7-8H2,1-2H3,(H2,13,14). The molecule has 5 heteroatoms. The van der Waals surface area contributed by atoms with Crippen LogP contribution in [0.15, 0.2) is 29.4 Å². The Bertz CT molecular complexity index is 363. The van der Waals surface area contributed by atoms with E-state index in [0.717, 1.165) is 5.75 Å². The summed E-state index contributed by atoms with van der Waals surface area (Å²) in [5.74, 6) is 0.857. The minimum Gasteiger partial charge on any atom is -0.491 e. The van der Waals surface area contributed by atoms with Crippen LogP contribution in [0, 0.1) is 6.92 Å². The minimum atomic E-state index is -0.415. The summed E-state index contributed by atoms with van der Waals surface area (Å²) in [6.07, 6.45) is -0.415.